The third-order valence-electron chi connectivity index (χ3n) is 5.62. The average molecular weight is 524 g/mol. The van der Waals surface area contributed by atoms with Gasteiger partial charge in [-0.25, -0.2) is 26.6 Å². The molecule has 4 rings (SSSR count). The van der Waals surface area contributed by atoms with E-state index in [-0.39, 0.29) is 41.0 Å². The second-order valence-electron chi connectivity index (χ2n) is 8.01. The highest BCUT2D eigenvalue weighted by atomic mass is 35.5. The van der Waals surface area contributed by atoms with Crippen molar-refractivity contribution < 1.29 is 26.3 Å². The molecule has 2 unspecified atom stereocenters. The van der Waals surface area contributed by atoms with Gasteiger partial charge in [0.25, 0.3) is 10.0 Å². The molecular formula is C24H21ClF3N3O3S. The van der Waals surface area contributed by atoms with Crippen molar-refractivity contribution in [1.82, 2.24) is 4.98 Å². The summed E-state index contributed by atoms with van der Waals surface area (Å²) in [5.74, 6) is -2.62. The molecule has 0 radical (unpaired) electrons. The number of rotatable bonds is 7. The fourth-order valence-corrected chi connectivity index (χ4v) is 5.21. The Morgan fingerprint density at radius 1 is 1.09 bits per heavy atom. The zero-order valence-electron chi connectivity index (χ0n) is 18.2. The summed E-state index contributed by atoms with van der Waals surface area (Å²) in [5.41, 5.74) is 8.00. The number of nitrogens with two attached hydrogens (primary N) is 1. The van der Waals surface area contributed by atoms with Gasteiger partial charge in [0.05, 0.1) is 17.8 Å². The Balaban J connectivity index is 1.53. The van der Waals surface area contributed by atoms with Crippen LogP contribution in [0.5, 0.6) is 5.75 Å². The Kier molecular flexibility index (Phi) is 7.34. The molecule has 6 nitrogen and oxygen atoms in total. The maximum Gasteiger partial charge on any atom is 0.266 e. The number of pyridine rings is 1. The van der Waals surface area contributed by atoms with Gasteiger partial charge >= 0.3 is 0 Å². The molecule has 2 atom stereocenters. The molecule has 0 saturated heterocycles. The maximum atomic E-state index is 14.8. The summed E-state index contributed by atoms with van der Waals surface area (Å²) in [4.78, 5) is 2.88. The third-order valence-corrected chi connectivity index (χ3v) is 7.28. The molecule has 3 aromatic rings. The molecule has 11 heteroatoms. The molecule has 184 valence electrons. The molecule has 1 aliphatic carbocycles. The number of aromatic nitrogens is 1. The Bertz CT molecular complexity index is 1350. The minimum absolute atomic E-state index is 0.0490. The smallest absolute Gasteiger partial charge is 0.266 e. The summed E-state index contributed by atoms with van der Waals surface area (Å²) in [5, 5.41) is -0.129. The van der Waals surface area contributed by atoms with Gasteiger partial charge in [-0.3, -0.25) is 4.72 Å². The first-order valence-corrected chi connectivity index (χ1v) is 12.5. The van der Waals surface area contributed by atoms with E-state index < -0.39 is 26.6 Å². The lowest BCUT2D eigenvalue weighted by Crippen LogP contribution is -2.36. The number of allylic oxidation sites excluding steroid dienone is 1. The molecular weight excluding hydrogens is 503 g/mol. The molecule has 0 fully saturated rings. The maximum absolute atomic E-state index is 14.8. The molecule has 1 aromatic heterocycles. The summed E-state index contributed by atoms with van der Waals surface area (Å²) in [6.45, 7) is 0.0490. The predicted octanol–water partition coefficient (Wildman–Crippen LogP) is 5.15. The van der Waals surface area contributed by atoms with Crippen molar-refractivity contribution in [2.24, 2.45) is 11.7 Å². The number of hydrogen-bond donors (Lipinski definition) is 2. The molecule has 0 amide bonds. The second kappa shape index (κ2) is 10.3. The van der Waals surface area contributed by atoms with Crippen molar-refractivity contribution in [3.05, 3.63) is 88.8 Å². The number of ether oxygens (including phenoxy) is 1. The molecule has 3 N–H and O–H groups in total. The van der Waals surface area contributed by atoms with Crippen LogP contribution in [0.3, 0.4) is 0 Å². The van der Waals surface area contributed by atoms with E-state index in [9.17, 15) is 21.6 Å². The quantitative estimate of drug-likeness (QED) is 0.446. The first kappa shape index (κ1) is 25.0. The van der Waals surface area contributed by atoms with Gasteiger partial charge in [0.2, 0.25) is 0 Å². The summed E-state index contributed by atoms with van der Waals surface area (Å²) in [6, 6.07) is 9.68. The first-order valence-electron chi connectivity index (χ1n) is 10.6. The number of hydrogen-bond acceptors (Lipinski definition) is 5. The van der Waals surface area contributed by atoms with Crippen molar-refractivity contribution in [1.29, 1.82) is 0 Å². The summed E-state index contributed by atoms with van der Waals surface area (Å²) in [6.07, 6.45) is 4.30. The van der Waals surface area contributed by atoms with Gasteiger partial charge in [0.15, 0.2) is 0 Å². The molecule has 2 aromatic carbocycles. The second-order valence-corrected chi connectivity index (χ2v) is 10.1. The molecule has 0 saturated carbocycles. The third kappa shape index (κ3) is 5.77. The normalized spacial score (nSPS) is 18.1. The fraction of sp³-hybridized carbons (Fsp3) is 0.208. The van der Waals surface area contributed by atoms with Gasteiger partial charge in [-0.1, -0.05) is 29.8 Å². The van der Waals surface area contributed by atoms with Gasteiger partial charge in [-0.2, -0.15) is 0 Å². The lowest BCUT2D eigenvalue weighted by molar-refractivity contribution is 0.252. The van der Waals surface area contributed by atoms with Crippen LogP contribution >= 0.6 is 11.6 Å². The van der Waals surface area contributed by atoms with Gasteiger partial charge in [0.1, 0.15) is 33.9 Å². The van der Waals surface area contributed by atoms with Crippen LogP contribution in [0.25, 0.3) is 5.57 Å². The van der Waals surface area contributed by atoms with E-state index >= 15 is 0 Å². The Labute approximate surface area is 205 Å². The van der Waals surface area contributed by atoms with E-state index in [2.05, 4.69) is 9.71 Å². The van der Waals surface area contributed by atoms with Crippen LogP contribution in [0.1, 0.15) is 18.4 Å². The van der Waals surface area contributed by atoms with Gasteiger partial charge in [-0.05, 0) is 54.3 Å². The standard InChI is InChI=1S/C24H21ClF3N3O3S/c25-19-10-23(35(32,33)31-24-9-8-16(27)12-30-24)20(28)11-22(19)34-13-18-17(2-1-3-21(18)29)14-4-6-15(26)7-5-14/h2,4-12,18,21H,1,3,13,29H2,(H,30,31). The zero-order valence-corrected chi connectivity index (χ0v) is 19.8. The van der Waals surface area contributed by atoms with Crippen LogP contribution < -0.4 is 15.2 Å². The highest BCUT2D eigenvalue weighted by Crippen LogP contribution is 2.35. The molecule has 0 aliphatic heterocycles. The van der Waals surface area contributed by atoms with Crippen LogP contribution in [-0.4, -0.2) is 26.1 Å². The Hall–Kier alpha value is -3.08. The number of nitrogens with zero attached hydrogens (tertiary/aromatic N) is 1. The van der Waals surface area contributed by atoms with E-state index in [1.54, 1.807) is 12.1 Å². The molecule has 1 aliphatic rings. The van der Waals surface area contributed by atoms with Gasteiger partial charge in [0, 0.05) is 18.0 Å². The van der Waals surface area contributed by atoms with Gasteiger partial charge in [-0.15, -0.1) is 0 Å². The SMILES string of the molecule is NC1CCC=C(c2ccc(F)cc2)C1COc1cc(F)c(S(=O)(=O)Nc2ccc(F)cn2)cc1Cl. The van der Waals surface area contributed by atoms with Crippen molar-refractivity contribution in [3.63, 3.8) is 0 Å². The van der Waals surface area contributed by atoms with Crippen LogP contribution in [0.4, 0.5) is 19.0 Å². The molecule has 35 heavy (non-hydrogen) atoms. The Morgan fingerprint density at radius 2 is 1.80 bits per heavy atom. The summed E-state index contributed by atoms with van der Waals surface area (Å²) < 4.78 is 74.2. The van der Waals surface area contributed by atoms with Crippen LogP contribution in [0.2, 0.25) is 5.02 Å². The first-order chi connectivity index (χ1) is 16.6. The number of halogens is 4. The monoisotopic (exact) mass is 523 g/mol. The van der Waals surface area contributed by atoms with Crippen LogP contribution in [0, 0.1) is 23.4 Å². The molecule has 1 heterocycles. The average Bonchev–Trinajstić information content (AvgIpc) is 2.81. The minimum atomic E-state index is -4.40. The van der Waals surface area contributed by atoms with E-state index in [4.69, 9.17) is 22.1 Å². The number of anilines is 1. The summed E-state index contributed by atoms with van der Waals surface area (Å²) in [7, 11) is -4.40. The minimum Gasteiger partial charge on any atom is -0.491 e. The topological polar surface area (TPSA) is 94.3 Å². The van der Waals surface area contributed by atoms with E-state index in [0.717, 1.165) is 48.0 Å². The van der Waals surface area contributed by atoms with Crippen molar-refractivity contribution in [2.75, 3.05) is 11.3 Å². The van der Waals surface area contributed by atoms with E-state index in [0.29, 0.717) is 6.42 Å². The predicted molar refractivity (Wildman–Crippen MR) is 127 cm³/mol. The largest absolute Gasteiger partial charge is 0.491 e. The lowest BCUT2D eigenvalue weighted by atomic mass is 9.81. The van der Waals surface area contributed by atoms with Crippen molar-refractivity contribution >= 4 is 33.0 Å². The van der Waals surface area contributed by atoms with Crippen molar-refractivity contribution in [3.8, 4) is 5.75 Å². The summed E-state index contributed by atoms with van der Waals surface area (Å²) >= 11 is 6.22. The number of sulfonamides is 1. The van der Waals surface area contributed by atoms with E-state index in [1.165, 1.54) is 12.1 Å². The van der Waals surface area contributed by atoms with Crippen LogP contribution in [0.15, 0.2) is 65.7 Å². The van der Waals surface area contributed by atoms with Crippen molar-refractivity contribution in [2.45, 2.75) is 23.8 Å². The highest BCUT2D eigenvalue weighted by Gasteiger charge is 2.28. The number of nitrogens with one attached hydrogen (secondary N) is 1. The van der Waals surface area contributed by atoms with Crippen LogP contribution in [-0.2, 0) is 10.0 Å². The highest BCUT2D eigenvalue weighted by molar-refractivity contribution is 7.92. The number of benzene rings is 2. The lowest BCUT2D eigenvalue weighted by Gasteiger charge is -2.30. The van der Waals surface area contributed by atoms with Gasteiger partial charge < -0.3 is 10.5 Å². The molecule has 0 spiro atoms. The molecule has 0 bridgehead atoms. The Morgan fingerprint density at radius 3 is 2.49 bits per heavy atom. The van der Waals surface area contributed by atoms with E-state index in [1.807, 2.05) is 6.08 Å². The zero-order chi connectivity index (χ0) is 25.2. The fourth-order valence-electron chi connectivity index (χ4n) is 3.84.